The molecule has 0 spiro atoms. The van der Waals surface area contributed by atoms with E-state index in [9.17, 15) is 14.0 Å². The van der Waals surface area contributed by atoms with Crippen molar-refractivity contribution in [2.45, 2.75) is 0 Å². The molecule has 1 N–H and O–H groups in total. The van der Waals surface area contributed by atoms with Crippen LogP contribution in [0.3, 0.4) is 0 Å². The van der Waals surface area contributed by atoms with Gasteiger partial charge in [-0.3, -0.25) is 9.59 Å². The van der Waals surface area contributed by atoms with Crippen LogP contribution >= 0.6 is 12.6 Å². The summed E-state index contributed by atoms with van der Waals surface area (Å²) >= 11 is 3.97. The van der Waals surface area contributed by atoms with Crippen LogP contribution in [-0.2, 0) is 0 Å². The lowest BCUT2D eigenvalue weighted by Gasteiger charge is -2.07. The third kappa shape index (κ3) is 3.24. The second kappa shape index (κ2) is 6.33. The maximum Gasteiger partial charge on any atom is 0.275 e. The lowest BCUT2D eigenvalue weighted by molar-refractivity contribution is 0.0948. The lowest BCUT2D eigenvalue weighted by atomic mass is 10.3. The summed E-state index contributed by atoms with van der Waals surface area (Å²) in [7, 11) is 0. The first kappa shape index (κ1) is 14.3. The van der Waals surface area contributed by atoms with Gasteiger partial charge in [-0.05, 0) is 24.3 Å². The number of hydrogen-bond acceptors (Lipinski definition) is 4. The molecular weight excluding hydrogens is 281 g/mol. The van der Waals surface area contributed by atoms with Crippen LogP contribution in [0.2, 0.25) is 0 Å². The van der Waals surface area contributed by atoms with Crippen LogP contribution in [0.4, 0.5) is 4.39 Å². The van der Waals surface area contributed by atoms with Gasteiger partial charge < -0.3 is 5.32 Å². The summed E-state index contributed by atoms with van der Waals surface area (Å²) in [4.78, 5) is 23.4. The molecule has 104 valence electrons. The van der Waals surface area contributed by atoms with Crippen LogP contribution < -0.4 is 10.7 Å². The normalized spacial score (nSPS) is 10.3. The quantitative estimate of drug-likeness (QED) is 0.828. The van der Waals surface area contributed by atoms with Crippen molar-refractivity contribution in [2.75, 3.05) is 12.3 Å². The number of amides is 1. The van der Waals surface area contributed by atoms with E-state index in [4.69, 9.17) is 0 Å². The molecule has 2 rings (SSSR count). The number of nitrogens with one attached hydrogen (secondary N) is 1. The highest BCUT2D eigenvalue weighted by molar-refractivity contribution is 7.80. The zero-order valence-corrected chi connectivity index (χ0v) is 11.3. The van der Waals surface area contributed by atoms with Gasteiger partial charge in [0.25, 0.3) is 5.91 Å². The fourth-order valence-electron chi connectivity index (χ4n) is 1.56. The van der Waals surface area contributed by atoms with Gasteiger partial charge in [0, 0.05) is 24.6 Å². The summed E-state index contributed by atoms with van der Waals surface area (Å²) < 4.78 is 14.2. The van der Waals surface area contributed by atoms with Crippen LogP contribution in [0.5, 0.6) is 0 Å². The number of benzene rings is 1. The number of thiol groups is 1. The van der Waals surface area contributed by atoms with E-state index in [0.717, 1.165) is 0 Å². The smallest absolute Gasteiger partial charge is 0.275 e. The maximum atomic E-state index is 12.9. The van der Waals surface area contributed by atoms with E-state index in [1.54, 1.807) is 0 Å². The molecule has 0 bridgehead atoms. The highest BCUT2D eigenvalue weighted by atomic mass is 32.1. The van der Waals surface area contributed by atoms with Gasteiger partial charge in [0.15, 0.2) is 5.69 Å². The van der Waals surface area contributed by atoms with Crippen molar-refractivity contribution >= 4 is 18.5 Å². The molecule has 0 aliphatic carbocycles. The molecule has 20 heavy (non-hydrogen) atoms. The van der Waals surface area contributed by atoms with Crippen molar-refractivity contribution in [3.8, 4) is 5.69 Å². The molecule has 2 aromatic rings. The first-order valence-electron chi connectivity index (χ1n) is 5.87. The molecule has 5 nitrogen and oxygen atoms in total. The van der Waals surface area contributed by atoms with Gasteiger partial charge in [-0.1, -0.05) is 0 Å². The van der Waals surface area contributed by atoms with Crippen LogP contribution in [0.25, 0.3) is 5.69 Å². The Morgan fingerprint density at radius 3 is 2.65 bits per heavy atom. The summed E-state index contributed by atoms with van der Waals surface area (Å²) in [6, 6.07) is 6.79. The molecule has 0 atom stereocenters. The lowest BCUT2D eigenvalue weighted by Crippen LogP contribution is -2.32. The summed E-state index contributed by atoms with van der Waals surface area (Å²) in [6.45, 7) is 0.342. The monoisotopic (exact) mass is 293 g/mol. The van der Waals surface area contributed by atoms with E-state index in [1.165, 1.54) is 41.2 Å². The minimum absolute atomic E-state index is 0.210. The van der Waals surface area contributed by atoms with Crippen molar-refractivity contribution in [2.24, 2.45) is 0 Å². The van der Waals surface area contributed by atoms with E-state index in [2.05, 4.69) is 23.0 Å². The van der Waals surface area contributed by atoms with Gasteiger partial charge >= 0.3 is 0 Å². The standard InChI is InChI=1S/C13H12FN3O2S/c14-9-1-3-10(4-2-9)17-7-5-11(18)12(16-17)13(19)15-6-8-20/h1-5,7,20H,6,8H2,(H,15,19). The molecule has 1 aromatic heterocycles. The molecule has 1 amide bonds. The third-order valence-electron chi connectivity index (χ3n) is 2.51. The Bertz CT molecular complexity index is 670. The highest BCUT2D eigenvalue weighted by Gasteiger charge is 2.12. The molecule has 0 saturated carbocycles. The van der Waals surface area contributed by atoms with Crippen LogP contribution in [0.15, 0.2) is 41.3 Å². The number of aromatic nitrogens is 2. The van der Waals surface area contributed by atoms with Crippen LogP contribution in [-0.4, -0.2) is 28.0 Å². The largest absolute Gasteiger partial charge is 0.350 e. The number of carbonyl (C=O) groups is 1. The number of hydrogen-bond donors (Lipinski definition) is 2. The van der Waals surface area contributed by atoms with E-state index >= 15 is 0 Å². The Hall–Kier alpha value is -2.15. The van der Waals surface area contributed by atoms with Gasteiger partial charge in [-0.2, -0.15) is 17.7 Å². The first-order chi connectivity index (χ1) is 9.61. The second-order valence-corrected chi connectivity index (χ2v) is 4.38. The fraction of sp³-hybridized carbons (Fsp3) is 0.154. The van der Waals surface area contributed by atoms with Crippen LogP contribution in [0.1, 0.15) is 10.5 Å². The summed E-state index contributed by atoms with van der Waals surface area (Å²) in [5.74, 6) is -0.466. The molecule has 0 unspecified atom stereocenters. The third-order valence-corrected chi connectivity index (χ3v) is 2.74. The molecule has 0 fully saturated rings. The Kier molecular flexibility index (Phi) is 4.52. The van der Waals surface area contributed by atoms with Crippen molar-refractivity contribution in [1.82, 2.24) is 15.1 Å². The van der Waals surface area contributed by atoms with Crippen LogP contribution in [0, 0.1) is 5.82 Å². The van der Waals surface area contributed by atoms with Crippen molar-refractivity contribution < 1.29 is 9.18 Å². The van der Waals surface area contributed by atoms with Crippen molar-refractivity contribution in [3.05, 3.63) is 58.3 Å². The molecule has 1 heterocycles. The molecule has 1 aromatic carbocycles. The predicted octanol–water partition coefficient (Wildman–Crippen LogP) is 1.03. The van der Waals surface area contributed by atoms with E-state index in [-0.39, 0.29) is 11.5 Å². The Morgan fingerprint density at radius 1 is 1.30 bits per heavy atom. The highest BCUT2D eigenvalue weighted by Crippen LogP contribution is 2.06. The molecule has 0 aliphatic rings. The zero-order chi connectivity index (χ0) is 14.5. The number of rotatable bonds is 4. The van der Waals surface area contributed by atoms with E-state index in [0.29, 0.717) is 18.0 Å². The number of halogens is 1. The minimum atomic E-state index is -0.555. The summed E-state index contributed by atoms with van der Waals surface area (Å²) in [6.07, 6.45) is 1.42. The Labute approximate surface area is 119 Å². The first-order valence-corrected chi connectivity index (χ1v) is 6.50. The summed E-state index contributed by atoms with van der Waals surface area (Å²) in [5.41, 5.74) is -0.131. The number of carbonyl (C=O) groups excluding carboxylic acids is 1. The molecule has 0 aliphatic heterocycles. The molecule has 0 saturated heterocycles. The fourth-order valence-corrected chi connectivity index (χ4v) is 1.67. The second-order valence-electron chi connectivity index (χ2n) is 3.93. The van der Waals surface area contributed by atoms with Gasteiger partial charge in [-0.15, -0.1) is 0 Å². The van der Waals surface area contributed by atoms with E-state index in [1.807, 2.05) is 0 Å². The van der Waals surface area contributed by atoms with E-state index < -0.39 is 11.3 Å². The zero-order valence-electron chi connectivity index (χ0n) is 10.4. The average Bonchev–Trinajstić information content (AvgIpc) is 2.46. The van der Waals surface area contributed by atoms with Gasteiger partial charge in [0.05, 0.1) is 5.69 Å². The maximum absolute atomic E-state index is 12.9. The van der Waals surface area contributed by atoms with Crippen molar-refractivity contribution in [1.29, 1.82) is 0 Å². The topological polar surface area (TPSA) is 64.0 Å². The average molecular weight is 293 g/mol. The minimum Gasteiger partial charge on any atom is -0.350 e. The van der Waals surface area contributed by atoms with Gasteiger partial charge in [0.1, 0.15) is 5.82 Å². The van der Waals surface area contributed by atoms with Gasteiger partial charge in [0.2, 0.25) is 5.43 Å². The van der Waals surface area contributed by atoms with Crippen molar-refractivity contribution in [3.63, 3.8) is 0 Å². The molecule has 7 heteroatoms. The predicted molar refractivity (Wildman–Crippen MR) is 76.0 cm³/mol. The Balaban J connectivity index is 2.35. The SMILES string of the molecule is O=C(NCCS)c1nn(-c2ccc(F)cc2)ccc1=O. The molecular formula is C13H12FN3O2S. The summed E-state index contributed by atoms with van der Waals surface area (Å²) in [5, 5.41) is 6.50. The number of nitrogens with zero attached hydrogens (tertiary/aromatic N) is 2. The molecule has 0 radical (unpaired) electrons. The Morgan fingerprint density at radius 2 is 2.00 bits per heavy atom. The van der Waals surface area contributed by atoms with Gasteiger partial charge in [-0.25, -0.2) is 9.07 Å².